The summed E-state index contributed by atoms with van der Waals surface area (Å²) in [4.78, 5) is 0. The smallest absolute Gasteiger partial charge is 0.137 e. The van der Waals surface area contributed by atoms with Gasteiger partial charge in [0.2, 0.25) is 0 Å². The zero-order chi connectivity index (χ0) is 11.5. The minimum atomic E-state index is -0.315. The molecule has 0 aliphatic heterocycles. The lowest BCUT2D eigenvalue weighted by Gasteiger charge is -2.04. The number of aromatic nitrogens is 1. The molecule has 0 atom stereocenters. The third kappa shape index (κ3) is 2.61. The minimum Gasteiger partial charge on any atom is -0.487 e. The molecule has 0 radical (unpaired) electrons. The number of benzene rings is 1. The maximum Gasteiger partial charge on any atom is 0.137 e. The van der Waals surface area contributed by atoms with Crippen LogP contribution in [0.2, 0.25) is 0 Å². The summed E-state index contributed by atoms with van der Waals surface area (Å²) in [6, 6.07) is 6.27. The predicted octanol–water partition coefficient (Wildman–Crippen LogP) is 3.46. The van der Waals surface area contributed by atoms with E-state index in [1.807, 2.05) is 6.92 Å². The van der Waals surface area contributed by atoms with Crippen molar-refractivity contribution in [3.8, 4) is 5.75 Å². The zero-order valence-corrected chi connectivity index (χ0v) is 10.1. The average Bonchev–Trinajstić information content (AvgIpc) is 2.66. The molecule has 5 heteroatoms. The van der Waals surface area contributed by atoms with Crippen molar-refractivity contribution < 1.29 is 13.7 Å². The molecule has 0 unspecified atom stereocenters. The van der Waals surface area contributed by atoms with Gasteiger partial charge in [-0.2, -0.15) is 0 Å². The Labute approximate surface area is 100 Å². The van der Waals surface area contributed by atoms with E-state index in [-0.39, 0.29) is 5.82 Å². The molecule has 0 amide bonds. The van der Waals surface area contributed by atoms with Gasteiger partial charge < -0.3 is 9.26 Å². The maximum atomic E-state index is 12.9. The van der Waals surface area contributed by atoms with Crippen LogP contribution in [0.5, 0.6) is 5.75 Å². The molecule has 0 saturated carbocycles. The Morgan fingerprint density at radius 1 is 1.44 bits per heavy atom. The van der Waals surface area contributed by atoms with E-state index < -0.39 is 0 Å². The first kappa shape index (κ1) is 11.1. The molecule has 0 aliphatic rings. The largest absolute Gasteiger partial charge is 0.487 e. The summed E-state index contributed by atoms with van der Waals surface area (Å²) >= 11 is 3.09. The van der Waals surface area contributed by atoms with Crippen LogP contribution in [0.15, 0.2) is 33.3 Å². The van der Waals surface area contributed by atoms with E-state index in [1.165, 1.54) is 6.07 Å². The van der Waals surface area contributed by atoms with Crippen molar-refractivity contribution in [2.45, 2.75) is 13.5 Å². The molecule has 2 aromatic rings. The number of ether oxygens (including phenoxy) is 1. The molecule has 1 heterocycles. The van der Waals surface area contributed by atoms with Gasteiger partial charge in [0.1, 0.15) is 29.6 Å². The van der Waals surface area contributed by atoms with Gasteiger partial charge in [0.15, 0.2) is 0 Å². The Morgan fingerprint density at radius 3 is 2.88 bits per heavy atom. The van der Waals surface area contributed by atoms with Gasteiger partial charge in [-0.15, -0.1) is 0 Å². The molecular weight excluding hydrogens is 277 g/mol. The molecule has 3 nitrogen and oxygen atoms in total. The lowest BCUT2D eigenvalue weighted by molar-refractivity contribution is 0.287. The molecule has 0 N–H and O–H groups in total. The van der Waals surface area contributed by atoms with E-state index in [9.17, 15) is 4.39 Å². The van der Waals surface area contributed by atoms with Crippen molar-refractivity contribution in [2.24, 2.45) is 0 Å². The van der Waals surface area contributed by atoms with Crippen LogP contribution < -0.4 is 4.74 Å². The van der Waals surface area contributed by atoms with Crippen LogP contribution in [0.4, 0.5) is 4.39 Å². The van der Waals surface area contributed by atoms with E-state index in [0.717, 1.165) is 5.76 Å². The van der Waals surface area contributed by atoms with Crippen molar-refractivity contribution in [1.82, 2.24) is 5.16 Å². The van der Waals surface area contributed by atoms with E-state index in [4.69, 9.17) is 9.26 Å². The van der Waals surface area contributed by atoms with Crippen molar-refractivity contribution >= 4 is 15.9 Å². The lowest BCUT2D eigenvalue weighted by atomic mass is 10.3. The molecule has 1 aromatic heterocycles. The lowest BCUT2D eigenvalue weighted by Crippen LogP contribution is -1.95. The first-order valence-electron chi connectivity index (χ1n) is 4.65. The Morgan fingerprint density at radius 2 is 2.25 bits per heavy atom. The van der Waals surface area contributed by atoms with E-state index >= 15 is 0 Å². The highest BCUT2D eigenvalue weighted by Crippen LogP contribution is 2.22. The van der Waals surface area contributed by atoms with Gasteiger partial charge in [-0.3, -0.25) is 0 Å². The summed E-state index contributed by atoms with van der Waals surface area (Å²) in [5.74, 6) is 0.998. The van der Waals surface area contributed by atoms with Crippen LogP contribution >= 0.6 is 15.9 Å². The molecule has 0 saturated heterocycles. The molecular formula is C11H9BrFNO2. The molecule has 1 aromatic carbocycles. The highest BCUT2D eigenvalue weighted by molar-refractivity contribution is 9.10. The van der Waals surface area contributed by atoms with Crippen molar-refractivity contribution in [2.75, 3.05) is 0 Å². The van der Waals surface area contributed by atoms with Crippen LogP contribution in [0, 0.1) is 12.7 Å². The molecule has 16 heavy (non-hydrogen) atoms. The minimum absolute atomic E-state index is 0.301. The zero-order valence-electron chi connectivity index (χ0n) is 8.54. The summed E-state index contributed by atoms with van der Waals surface area (Å²) in [7, 11) is 0. The number of nitrogens with zero attached hydrogens (tertiary/aromatic N) is 1. The van der Waals surface area contributed by atoms with E-state index in [2.05, 4.69) is 21.1 Å². The first-order chi connectivity index (χ1) is 7.65. The number of hydrogen-bond donors (Lipinski definition) is 0. The predicted molar refractivity (Wildman–Crippen MR) is 59.7 cm³/mol. The monoisotopic (exact) mass is 285 g/mol. The van der Waals surface area contributed by atoms with Crippen LogP contribution in [0.3, 0.4) is 0 Å². The second-order valence-electron chi connectivity index (χ2n) is 3.29. The second kappa shape index (κ2) is 4.65. The van der Waals surface area contributed by atoms with Crippen molar-refractivity contribution in [3.05, 3.63) is 46.0 Å². The third-order valence-corrected chi connectivity index (χ3v) is 2.56. The van der Waals surface area contributed by atoms with Crippen molar-refractivity contribution in [3.63, 3.8) is 0 Å². The van der Waals surface area contributed by atoms with Gasteiger partial charge in [0.25, 0.3) is 0 Å². The summed E-state index contributed by atoms with van der Waals surface area (Å²) in [5.41, 5.74) is 0.706. The molecule has 0 fully saturated rings. The van der Waals surface area contributed by atoms with Crippen LogP contribution in [0.1, 0.15) is 11.5 Å². The average molecular weight is 286 g/mol. The van der Waals surface area contributed by atoms with Gasteiger partial charge in [-0.05, 0) is 41.1 Å². The fourth-order valence-electron chi connectivity index (χ4n) is 1.21. The van der Waals surface area contributed by atoms with Crippen LogP contribution in [-0.4, -0.2) is 5.16 Å². The Kier molecular flexibility index (Phi) is 3.24. The molecule has 0 bridgehead atoms. The van der Waals surface area contributed by atoms with Crippen molar-refractivity contribution in [1.29, 1.82) is 0 Å². The Balaban J connectivity index is 2.02. The van der Waals surface area contributed by atoms with E-state index in [1.54, 1.807) is 18.2 Å². The number of hydrogen-bond acceptors (Lipinski definition) is 3. The van der Waals surface area contributed by atoms with Crippen LogP contribution in [0.25, 0.3) is 0 Å². The molecule has 0 aliphatic carbocycles. The Bertz CT molecular complexity index is 498. The number of halogens is 2. The van der Waals surface area contributed by atoms with E-state index in [0.29, 0.717) is 22.5 Å². The summed E-state index contributed by atoms with van der Waals surface area (Å²) < 4.78 is 23.6. The third-order valence-electron chi connectivity index (χ3n) is 1.95. The van der Waals surface area contributed by atoms with Gasteiger partial charge in [0, 0.05) is 6.07 Å². The number of aryl methyl sites for hydroxylation is 1. The first-order valence-corrected chi connectivity index (χ1v) is 5.44. The molecule has 2 rings (SSSR count). The standard InChI is InChI=1S/C11H9BrFNO2/c1-7-4-8(14-16-7)6-15-9-2-3-11(13)10(12)5-9/h2-5H,6H2,1H3. The second-order valence-corrected chi connectivity index (χ2v) is 4.15. The topological polar surface area (TPSA) is 35.3 Å². The quantitative estimate of drug-likeness (QED) is 0.866. The SMILES string of the molecule is Cc1cc(COc2ccc(F)c(Br)c2)no1. The van der Waals surface area contributed by atoms with Gasteiger partial charge in [-0.1, -0.05) is 5.16 Å². The highest BCUT2D eigenvalue weighted by atomic mass is 79.9. The fourth-order valence-corrected chi connectivity index (χ4v) is 1.57. The van der Waals surface area contributed by atoms with Gasteiger partial charge >= 0.3 is 0 Å². The summed E-state index contributed by atoms with van der Waals surface area (Å²) in [6.07, 6.45) is 0. The maximum absolute atomic E-state index is 12.9. The van der Waals surface area contributed by atoms with Gasteiger partial charge in [-0.25, -0.2) is 4.39 Å². The number of rotatable bonds is 3. The summed E-state index contributed by atoms with van der Waals surface area (Å²) in [6.45, 7) is 2.11. The Hall–Kier alpha value is -1.36. The van der Waals surface area contributed by atoms with Gasteiger partial charge in [0.05, 0.1) is 4.47 Å². The molecule has 84 valence electrons. The van der Waals surface area contributed by atoms with Crippen LogP contribution in [-0.2, 0) is 6.61 Å². The normalized spacial score (nSPS) is 10.4. The summed E-state index contributed by atoms with van der Waals surface area (Å²) in [5, 5.41) is 3.79. The fraction of sp³-hybridized carbons (Fsp3) is 0.182. The molecule has 0 spiro atoms. The highest BCUT2D eigenvalue weighted by Gasteiger charge is 2.04.